The molecule has 8 atom stereocenters. The Balaban J connectivity index is 1.60. The number of aliphatic hydroxyl groups excluding tert-OH is 1. The maximum Gasteiger partial charge on any atom is 0.310 e. The van der Waals surface area contributed by atoms with Gasteiger partial charge in [0.25, 0.3) is 0 Å². The Bertz CT molecular complexity index is 885. The second kappa shape index (κ2) is 6.89. The van der Waals surface area contributed by atoms with Gasteiger partial charge in [-0.2, -0.15) is 0 Å². The maximum absolute atomic E-state index is 12.8. The summed E-state index contributed by atoms with van der Waals surface area (Å²) in [6.45, 7) is 16.9. The van der Waals surface area contributed by atoms with Gasteiger partial charge in [-0.15, -0.1) is 0 Å². The summed E-state index contributed by atoms with van der Waals surface area (Å²) in [5.41, 5.74) is 1.68. The van der Waals surface area contributed by atoms with E-state index in [1.54, 1.807) is 0 Å². The standard InChI is InChI=1S/C30H48O3/c1-25(2)14-16-30(24(32)33)17-15-28(6)19(20(30)18-25)8-9-22-27(5)12-11-23(31)26(3,4)21(27)10-13-29(22,28)7/h8,20-23,31H,9-18H2,1-7H3,(H,32,33)/t20-,21-,22+,23+,27+,28+,29-,30-/m1/s1. The van der Waals surface area contributed by atoms with Crippen LogP contribution in [0.2, 0.25) is 0 Å². The van der Waals surface area contributed by atoms with Crippen LogP contribution in [0.5, 0.6) is 0 Å². The van der Waals surface area contributed by atoms with E-state index >= 15 is 0 Å². The summed E-state index contributed by atoms with van der Waals surface area (Å²) in [5.74, 6) is 0.807. The predicted molar refractivity (Wildman–Crippen MR) is 133 cm³/mol. The maximum atomic E-state index is 12.8. The normalized spacial score (nSPS) is 52.4. The Morgan fingerprint density at radius 1 is 0.879 bits per heavy atom. The van der Waals surface area contributed by atoms with E-state index in [2.05, 4.69) is 54.5 Å². The zero-order valence-corrected chi connectivity index (χ0v) is 22.3. The molecule has 0 aromatic rings. The highest BCUT2D eigenvalue weighted by molar-refractivity contribution is 5.76. The number of hydrogen-bond acceptors (Lipinski definition) is 2. The van der Waals surface area contributed by atoms with Crippen molar-refractivity contribution in [2.24, 2.45) is 50.2 Å². The van der Waals surface area contributed by atoms with Gasteiger partial charge < -0.3 is 10.2 Å². The van der Waals surface area contributed by atoms with Crippen LogP contribution in [0.1, 0.15) is 113 Å². The van der Waals surface area contributed by atoms with Crippen LogP contribution in [-0.4, -0.2) is 22.3 Å². The van der Waals surface area contributed by atoms with Gasteiger partial charge in [0.2, 0.25) is 0 Å². The van der Waals surface area contributed by atoms with Gasteiger partial charge >= 0.3 is 5.97 Å². The number of rotatable bonds is 1. The Kier molecular flexibility index (Phi) is 4.99. The van der Waals surface area contributed by atoms with E-state index in [0.717, 1.165) is 51.4 Å². The van der Waals surface area contributed by atoms with Gasteiger partial charge in [-0.25, -0.2) is 0 Å². The minimum absolute atomic E-state index is 0.0301. The van der Waals surface area contributed by atoms with Gasteiger partial charge in [-0.1, -0.05) is 60.1 Å². The van der Waals surface area contributed by atoms with Crippen molar-refractivity contribution in [1.29, 1.82) is 0 Å². The first-order valence-corrected chi connectivity index (χ1v) is 13.8. The lowest BCUT2D eigenvalue weighted by Crippen LogP contribution is -2.65. The fourth-order valence-electron chi connectivity index (χ4n) is 10.6. The van der Waals surface area contributed by atoms with E-state index in [-0.39, 0.29) is 39.1 Å². The molecule has 0 aromatic carbocycles. The summed E-state index contributed by atoms with van der Waals surface area (Å²) in [5, 5.41) is 21.4. The molecule has 3 heteroatoms. The summed E-state index contributed by atoms with van der Waals surface area (Å²) in [4.78, 5) is 12.8. The Morgan fingerprint density at radius 3 is 2.21 bits per heavy atom. The molecule has 5 aliphatic carbocycles. The molecule has 0 spiro atoms. The van der Waals surface area contributed by atoms with Crippen LogP contribution in [0.3, 0.4) is 0 Å². The lowest BCUT2D eigenvalue weighted by Gasteiger charge is -2.71. The van der Waals surface area contributed by atoms with Crippen molar-refractivity contribution in [3.05, 3.63) is 11.6 Å². The van der Waals surface area contributed by atoms with Crippen LogP contribution < -0.4 is 0 Å². The van der Waals surface area contributed by atoms with E-state index in [1.165, 1.54) is 18.4 Å². The number of carboxylic acids is 1. The Hall–Kier alpha value is -0.830. The van der Waals surface area contributed by atoms with Gasteiger partial charge in [0.15, 0.2) is 0 Å². The molecule has 5 aliphatic rings. The molecule has 33 heavy (non-hydrogen) atoms. The van der Waals surface area contributed by atoms with Crippen LogP contribution in [0.25, 0.3) is 0 Å². The summed E-state index contributed by atoms with van der Waals surface area (Å²) in [7, 11) is 0. The van der Waals surface area contributed by atoms with Gasteiger partial charge in [-0.05, 0) is 109 Å². The molecule has 0 aliphatic heterocycles. The molecule has 0 saturated heterocycles. The Labute approximate surface area is 201 Å². The third kappa shape index (κ3) is 2.87. The first kappa shape index (κ1) is 23.9. The number of aliphatic carboxylic acids is 1. The molecule has 4 fully saturated rings. The predicted octanol–water partition coefficient (Wildman–Crippen LogP) is 7.23. The average Bonchev–Trinajstić information content (AvgIpc) is 2.71. The van der Waals surface area contributed by atoms with Crippen LogP contribution in [0.4, 0.5) is 0 Å². The third-order valence-electron chi connectivity index (χ3n) is 13.0. The molecule has 0 bridgehead atoms. The smallest absolute Gasteiger partial charge is 0.310 e. The van der Waals surface area contributed by atoms with Crippen LogP contribution in [0.15, 0.2) is 11.6 Å². The molecular weight excluding hydrogens is 408 g/mol. The number of fused-ring (bicyclic) bond motifs is 7. The molecule has 5 rings (SSSR count). The van der Waals surface area contributed by atoms with Crippen molar-refractivity contribution in [2.45, 2.75) is 119 Å². The second-order valence-corrected chi connectivity index (χ2v) is 15.1. The number of carboxylic acid groups (broad SMARTS) is 1. The van der Waals surface area contributed by atoms with Gasteiger partial charge in [0, 0.05) is 0 Å². The first-order valence-electron chi connectivity index (χ1n) is 13.8. The highest BCUT2D eigenvalue weighted by atomic mass is 16.4. The molecule has 0 unspecified atom stereocenters. The number of allylic oxidation sites excluding steroid dienone is 2. The number of hydrogen-bond donors (Lipinski definition) is 2. The van der Waals surface area contributed by atoms with Gasteiger partial charge in [-0.3, -0.25) is 4.79 Å². The van der Waals surface area contributed by atoms with Crippen molar-refractivity contribution in [3.63, 3.8) is 0 Å². The van der Waals surface area contributed by atoms with Crippen molar-refractivity contribution in [3.8, 4) is 0 Å². The molecule has 0 heterocycles. The number of aliphatic hydroxyl groups is 1. The van der Waals surface area contributed by atoms with Crippen LogP contribution in [-0.2, 0) is 4.79 Å². The minimum Gasteiger partial charge on any atom is -0.481 e. The first-order chi connectivity index (χ1) is 15.1. The summed E-state index contributed by atoms with van der Waals surface area (Å²) in [6, 6.07) is 0. The lowest BCUT2D eigenvalue weighted by atomic mass is 9.33. The van der Waals surface area contributed by atoms with E-state index in [1.807, 2.05) is 0 Å². The zero-order chi connectivity index (χ0) is 24.2. The topological polar surface area (TPSA) is 57.5 Å². The van der Waals surface area contributed by atoms with Crippen molar-refractivity contribution < 1.29 is 15.0 Å². The summed E-state index contributed by atoms with van der Waals surface area (Å²) < 4.78 is 0. The highest BCUT2D eigenvalue weighted by Gasteiger charge is 2.69. The van der Waals surface area contributed by atoms with Gasteiger partial charge in [0.1, 0.15) is 0 Å². The zero-order valence-electron chi connectivity index (χ0n) is 22.3. The van der Waals surface area contributed by atoms with Crippen molar-refractivity contribution in [1.82, 2.24) is 0 Å². The quantitative estimate of drug-likeness (QED) is 0.409. The Morgan fingerprint density at radius 2 is 1.55 bits per heavy atom. The number of carbonyl (C=O) groups is 1. The van der Waals surface area contributed by atoms with Crippen LogP contribution in [0, 0.1) is 50.2 Å². The molecule has 0 amide bonds. The molecule has 0 aromatic heterocycles. The molecule has 2 N–H and O–H groups in total. The minimum atomic E-state index is -0.553. The van der Waals surface area contributed by atoms with E-state index < -0.39 is 11.4 Å². The molecule has 3 nitrogen and oxygen atoms in total. The second-order valence-electron chi connectivity index (χ2n) is 15.1. The fraction of sp³-hybridized carbons (Fsp3) is 0.900. The highest BCUT2D eigenvalue weighted by Crippen LogP contribution is 2.75. The largest absolute Gasteiger partial charge is 0.481 e. The summed E-state index contributed by atoms with van der Waals surface area (Å²) in [6.07, 6.45) is 12.6. The fourth-order valence-corrected chi connectivity index (χ4v) is 10.6. The molecule has 4 saturated carbocycles. The van der Waals surface area contributed by atoms with E-state index in [4.69, 9.17) is 0 Å². The SMILES string of the molecule is CC1(C)CC[C@@]2(C(=O)O)CC[C@@]3(C)C(=CC[C@H]4[C@@]5(C)CC[C@H](O)C(C)(C)[C@H]5CC[C@]43C)[C@H]2C1. The van der Waals surface area contributed by atoms with E-state index in [9.17, 15) is 15.0 Å². The molecular formula is C30H48O3. The van der Waals surface area contributed by atoms with Gasteiger partial charge in [0.05, 0.1) is 11.5 Å². The lowest BCUT2D eigenvalue weighted by molar-refractivity contribution is -0.205. The van der Waals surface area contributed by atoms with Crippen LogP contribution >= 0.6 is 0 Å². The monoisotopic (exact) mass is 456 g/mol. The third-order valence-corrected chi connectivity index (χ3v) is 13.0. The molecule has 0 radical (unpaired) electrons. The summed E-state index contributed by atoms with van der Waals surface area (Å²) >= 11 is 0. The molecule has 186 valence electrons. The van der Waals surface area contributed by atoms with Crippen molar-refractivity contribution >= 4 is 5.97 Å². The average molecular weight is 457 g/mol. The van der Waals surface area contributed by atoms with Crippen molar-refractivity contribution in [2.75, 3.05) is 0 Å². The van der Waals surface area contributed by atoms with E-state index in [0.29, 0.717) is 11.8 Å².